The Morgan fingerprint density at radius 1 is 1.00 bits per heavy atom. The van der Waals surface area contributed by atoms with Gasteiger partial charge in [0, 0.05) is 15.4 Å². The zero-order valence-corrected chi connectivity index (χ0v) is 15.7. The molecule has 2 aromatic carbocycles. The molecule has 27 heavy (non-hydrogen) atoms. The van der Waals surface area contributed by atoms with Crippen LogP contribution in [0.2, 0.25) is 0 Å². The van der Waals surface area contributed by atoms with Gasteiger partial charge in [-0.15, -0.1) is 0 Å². The number of hydrazone groups is 1. The summed E-state index contributed by atoms with van der Waals surface area (Å²) in [7, 11) is 0. The standard InChI is InChI=1S/C21H14BrN3O2/c22-16-8-5-15(6-9-16)20-12-10-17(27-20)13-23-25-21(26)19-11-7-14-3-1-2-4-18(14)24-19/h1-13H,(H,25,26)/b23-13+. The molecule has 5 nitrogen and oxygen atoms in total. The summed E-state index contributed by atoms with van der Waals surface area (Å²) < 4.78 is 6.73. The van der Waals surface area contributed by atoms with Crippen LogP contribution in [0.1, 0.15) is 16.2 Å². The fourth-order valence-corrected chi connectivity index (χ4v) is 2.86. The minimum Gasteiger partial charge on any atom is -0.455 e. The maximum atomic E-state index is 12.2. The molecular weight excluding hydrogens is 406 g/mol. The van der Waals surface area contributed by atoms with Crippen molar-refractivity contribution in [3.63, 3.8) is 0 Å². The van der Waals surface area contributed by atoms with Crippen molar-refractivity contribution in [1.29, 1.82) is 0 Å². The largest absolute Gasteiger partial charge is 0.455 e. The van der Waals surface area contributed by atoms with E-state index in [1.807, 2.05) is 60.7 Å². The molecule has 0 bridgehead atoms. The molecule has 4 rings (SSSR count). The monoisotopic (exact) mass is 419 g/mol. The number of carbonyl (C=O) groups excluding carboxylic acids is 1. The van der Waals surface area contributed by atoms with E-state index in [0.29, 0.717) is 11.5 Å². The number of furan rings is 1. The lowest BCUT2D eigenvalue weighted by Gasteiger charge is -2.01. The first-order valence-corrected chi connectivity index (χ1v) is 9.03. The first-order valence-electron chi connectivity index (χ1n) is 8.24. The van der Waals surface area contributed by atoms with E-state index in [1.54, 1.807) is 12.1 Å². The van der Waals surface area contributed by atoms with Gasteiger partial charge in [0.2, 0.25) is 0 Å². The number of aromatic nitrogens is 1. The molecule has 0 spiro atoms. The summed E-state index contributed by atoms with van der Waals surface area (Å²) in [4.78, 5) is 16.6. The Morgan fingerprint density at radius 3 is 2.67 bits per heavy atom. The number of carbonyl (C=O) groups is 1. The first-order chi connectivity index (χ1) is 13.2. The smallest absolute Gasteiger partial charge is 0.289 e. The SMILES string of the molecule is O=C(N/N=C/c1ccc(-c2ccc(Br)cc2)o1)c1ccc2ccccc2n1. The van der Waals surface area contributed by atoms with Crippen molar-refractivity contribution in [2.45, 2.75) is 0 Å². The number of nitrogens with zero attached hydrogens (tertiary/aromatic N) is 2. The Labute approximate surface area is 163 Å². The van der Waals surface area contributed by atoms with Gasteiger partial charge < -0.3 is 4.42 Å². The van der Waals surface area contributed by atoms with Gasteiger partial charge in [-0.3, -0.25) is 4.79 Å². The lowest BCUT2D eigenvalue weighted by Crippen LogP contribution is -2.18. The number of benzene rings is 2. The minimum absolute atomic E-state index is 0.306. The number of hydrogen-bond acceptors (Lipinski definition) is 4. The van der Waals surface area contributed by atoms with Crippen LogP contribution in [0.5, 0.6) is 0 Å². The van der Waals surface area contributed by atoms with Crippen LogP contribution < -0.4 is 5.43 Å². The van der Waals surface area contributed by atoms with Gasteiger partial charge in [-0.05, 0) is 36.4 Å². The second-order valence-electron chi connectivity index (χ2n) is 5.80. The highest BCUT2D eigenvalue weighted by Crippen LogP contribution is 2.23. The highest BCUT2D eigenvalue weighted by molar-refractivity contribution is 9.10. The van der Waals surface area contributed by atoms with Crippen molar-refractivity contribution in [2.75, 3.05) is 0 Å². The van der Waals surface area contributed by atoms with Gasteiger partial charge >= 0.3 is 0 Å². The van der Waals surface area contributed by atoms with Gasteiger partial charge in [-0.2, -0.15) is 5.10 Å². The van der Waals surface area contributed by atoms with Crippen molar-refractivity contribution >= 4 is 39.0 Å². The molecule has 2 aromatic heterocycles. The Balaban J connectivity index is 1.44. The van der Waals surface area contributed by atoms with Crippen LogP contribution in [0.3, 0.4) is 0 Å². The van der Waals surface area contributed by atoms with E-state index in [0.717, 1.165) is 26.7 Å². The minimum atomic E-state index is -0.378. The predicted octanol–water partition coefficient (Wildman–Crippen LogP) is 5.02. The predicted molar refractivity (Wildman–Crippen MR) is 109 cm³/mol. The van der Waals surface area contributed by atoms with Gasteiger partial charge in [0.15, 0.2) is 0 Å². The molecule has 0 aliphatic carbocycles. The number of rotatable bonds is 4. The molecule has 4 aromatic rings. The van der Waals surface area contributed by atoms with Crippen LogP contribution >= 0.6 is 15.9 Å². The van der Waals surface area contributed by atoms with Crippen LogP contribution in [0, 0.1) is 0 Å². The quantitative estimate of drug-likeness (QED) is 0.372. The Hall–Kier alpha value is -3.25. The molecular formula is C21H14BrN3O2. The summed E-state index contributed by atoms with van der Waals surface area (Å²) in [5, 5.41) is 4.93. The molecule has 6 heteroatoms. The van der Waals surface area contributed by atoms with Crippen LogP contribution in [0.25, 0.3) is 22.2 Å². The number of halogens is 1. The summed E-state index contributed by atoms with van der Waals surface area (Å²) in [6.07, 6.45) is 1.46. The van der Waals surface area contributed by atoms with E-state index < -0.39 is 0 Å². The highest BCUT2D eigenvalue weighted by atomic mass is 79.9. The fraction of sp³-hybridized carbons (Fsp3) is 0. The second-order valence-corrected chi connectivity index (χ2v) is 6.71. The van der Waals surface area contributed by atoms with Crippen LogP contribution in [-0.2, 0) is 0 Å². The Morgan fingerprint density at radius 2 is 1.81 bits per heavy atom. The molecule has 0 atom stereocenters. The number of amides is 1. The number of para-hydroxylation sites is 1. The maximum Gasteiger partial charge on any atom is 0.289 e. The molecule has 0 fully saturated rings. The third-order valence-corrected chi connectivity index (χ3v) is 4.47. The third kappa shape index (κ3) is 3.96. The molecule has 0 radical (unpaired) electrons. The van der Waals surface area contributed by atoms with E-state index in [9.17, 15) is 4.79 Å². The average Bonchev–Trinajstić information content (AvgIpc) is 3.17. The zero-order chi connectivity index (χ0) is 18.6. The second kappa shape index (κ2) is 7.55. The summed E-state index contributed by atoms with van der Waals surface area (Å²) in [5.41, 5.74) is 4.50. The molecule has 0 aliphatic heterocycles. The van der Waals surface area contributed by atoms with Gasteiger partial charge in [-0.25, -0.2) is 10.4 Å². The lowest BCUT2D eigenvalue weighted by molar-refractivity contribution is 0.0950. The Kier molecular flexibility index (Phi) is 4.80. The van der Waals surface area contributed by atoms with Crippen LogP contribution in [0.4, 0.5) is 0 Å². The number of fused-ring (bicyclic) bond motifs is 1. The van der Waals surface area contributed by atoms with Gasteiger partial charge in [-0.1, -0.05) is 52.3 Å². The molecule has 0 saturated carbocycles. The van der Waals surface area contributed by atoms with Gasteiger partial charge in [0.25, 0.3) is 5.91 Å². The summed E-state index contributed by atoms with van der Waals surface area (Å²) >= 11 is 3.41. The third-order valence-electron chi connectivity index (χ3n) is 3.94. The molecule has 1 N–H and O–H groups in total. The number of nitrogens with one attached hydrogen (secondary N) is 1. The van der Waals surface area contributed by atoms with Crippen LogP contribution in [0.15, 0.2) is 86.8 Å². The highest BCUT2D eigenvalue weighted by Gasteiger charge is 2.07. The van der Waals surface area contributed by atoms with Crippen molar-refractivity contribution in [1.82, 2.24) is 10.4 Å². The summed E-state index contributed by atoms with van der Waals surface area (Å²) in [6, 6.07) is 22.6. The number of hydrogen-bond donors (Lipinski definition) is 1. The summed E-state index contributed by atoms with van der Waals surface area (Å²) in [6.45, 7) is 0. The van der Waals surface area contributed by atoms with Gasteiger partial charge in [0.05, 0.1) is 11.7 Å². The molecule has 2 heterocycles. The van der Waals surface area contributed by atoms with E-state index in [-0.39, 0.29) is 5.91 Å². The molecule has 0 aliphatic rings. The first kappa shape index (κ1) is 17.2. The molecule has 132 valence electrons. The van der Waals surface area contributed by atoms with Crippen molar-refractivity contribution in [3.05, 3.63) is 88.7 Å². The lowest BCUT2D eigenvalue weighted by atomic mass is 10.2. The van der Waals surface area contributed by atoms with E-state index in [1.165, 1.54) is 6.21 Å². The van der Waals surface area contributed by atoms with E-state index in [2.05, 4.69) is 31.4 Å². The van der Waals surface area contributed by atoms with Crippen molar-refractivity contribution in [3.8, 4) is 11.3 Å². The Bertz CT molecular complexity index is 1130. The fourth-order valence-electron chi connectivity index (χ4n) is 2.60. The van der Waals surface area contributed by atoms with Crippen molar-refractivity contribution in [2.24, 2.45) is 5.10 Å². The normalized spacial score (nSPS) is 11.1. The van der Waals surface area contributed by atoms with Crippen molar-refractivity contribution < 1.29 is 9.21 Å². The van der Waals surface area contributed by atoms with Gasteiger partial charge in [0.1, 0.15) is 17.2 Å². The summed E-state index contributed by atoms with van der Waals surface area (Å²) in [5.74, 6) is 0.892. The van der Waals surface area contributed by atoms with E-state index in [4.69, 9.17) is 4.42 Å². The molecule has 0 unspecified atom stereocenters. The average molecular weight is 420 g/mol. The molecule has 1 amide bonds. The molecule has 0 saturated heterocycles. The maximum absolute atomic E-state index is 12.2. The number of pyridine rings is 1. The van der Waals surface area contributed by atoms with Crippen LogP contribution in [-0.4, -0.2) is 17.1 Å². The van der Waals surface area contributed by atoms with E-state index >= 15 is 0 Å². The zero-order valence-electron chi connectivity index (χ0n) is 14.1. The topological polar surface area (TPSA) is 67.5 Å².